The molecule has 1 aromatic carbocycles. The molecule has 0 amide bonds. The molecule has 0 aliphatic carbocycles. The molecular weight excluding hydrogens is 487 g/mol. The Kier molecular flexibility index (Phi) is 11.2. The van der Waals surface area contributed by atoms with Gasteiger partial charge in [0.2, 0.25) is 0 Å². The summed E-state index contributed by atoms with van der Waals surface area (Å²) in [7, 11) is 3.89. The predicted molar refractivity (Wildman–Crippen MR) is 139 cm³/mol. The van der Waals surface area contributed by atoms with Crippen molar-refractivity contribution in [3.05, 3.63) is 47.5 Å². The van der Waals surface area contributed by atoms with Crippen LogP contribution in [0.5, 0.6) is 5.75 Å². The molecule has 0 aliphatic heterocycles. The van der Waals surface area contributed by atoms with Gasteiger partial charge in [-0.15, -0.1) is 0 Å². The maximum atomic E-state index is 5.39. The summed E-state index contributed by atoms with van der Waals surface area (Å²) in [6.45, 7) is 10.1. The first-order chi connectivity index (χ1) is 15.0. The molecule has 172 valence electrons. The zero-order chi connectivity index (χ0) is 22.7. The first-order valence-electron chi connectivity index (χ1n) is 12.3. The van der Waals surface area contributed by atoms with Crippen LogP contribution in [-0.4, -0.2) is 37.5 Å². The van der Waals surface area contributed by atoms with Gasteiger partial charge in [-0.3, -0.25) is 0 Å². The second-order valence-corrected chi connectivity index (χ2v) is 22.2. The van der Waals surface area contributed by atoms with E-state index in [2.05, 4.69) is 63.9 Å². The average molecular weight is 531 g/mol. The van der Waals surface area contributed by atoms with Gasteiger partial charge in [-0.2, -0.15) is 0 Å². The first kappa shape index (κ1) is 26.0. The molecule has 1 heterocycles. The van der Waals surface area contributed by atoms with E-state index in [0.717, 1.165) is 18.1 Å². The van der Waals surface area contributed by atoms with E-state index in [1.54, 1.807) is 7.11 Å². The second-order valence-electron chi connectivity index (χ2n) is 9.18. The zero-order valence-electron chi connectivity index (χ0n) is 20.8. The van der Waals surface area contributed by atoms with Crippen LogP contribution in [0.15, 0.2) is 36.4 Å². The summed E-state index contributed by atoms with van der Waals surface area (Å²) < 4.78 is 11.2. The topological polar surface area (TPSA) is 25.4 Å². The van der Waals surface area contributed by atoms with Crippen molar-refractivity contribution in [3.8, 4) is 5.75 Å². The Morgan fingerprint density at radius 3 is 1.90 bits per heavy atom. The Balaban J connectivity index is 2.35. The molecule has 0 saturated heterocycles. The van der Waals surface area contributed by atoms with Crippen LogP contribution in [0.25, 0.3) is 0 Å². The Bertz CT molecular complexity index is 754. The molecule has 3 nitrogen and oxygen atoms in total. The Hall–Kier alpha value is -1.23. The summed E-state index contributed by atoms with van der Waals surface area (Å²) in [5.41, 5.74) is 2.65. The van der Waals surface area contributed by atoms with Crippen LogP contribution in [0.1, 0.15) is 70.4 Å². The Morgan fingerprint density at radius 1 is 0.871 bits per heavy atom. The monoisotopic (exact) mass is 532 g/mol. The summed E-state index contributed by atoms with van der Waals surface area (Å²) >= 11 is -2.53. The molecule has 0 radical (unpaired) electrons. The van der Waals surface area contributed by atoms with E-state index in [4.69, 9.17) is 9.72 Å². The average Bonchev–Trinajstić information content (AvgIpc) is 2.79. The quantitative estimate of drug-likeness (QED) is 0.244. The van der Waals surface area contributed by atoms with Crippen molar-refractivity contribution in [1.29, 1.82) is 0 Å². The maximum absolute atomic E-state index is 5.39. The van der Waals surface area contributed by atoms with Gasteiger partial charge in [-0.25, -0.2) is 0 Å². The fourth-order valence-corrected chi connectivity index (χ4v) is 20.2. The SMILES string of the molecule is CCC[CH2][Sn]([CH2]CCC)([CH2]CCC)[c]1cc(C)cc(N(C)Cc2ccc(OC)cc2)n1. The third-order valence-electron chi connectivity index (χ3n) is 6.50. The van der Waals surface area contributed by atoms with Gasteiger partial charge in [-0.1, -0.05) is 0 Å². The van der Waals surface area contributed by atoms with Gasteiger partial charge in [0.15, 0.2) is 0 Å². The van der Waals surface area contributed by atoms with Crippen LogP contribution in [0.2, 0.25) is 13.3 Å². The summed E-state index contributed by atoms with van der Waals surface area (Å²) in [6.07, 6.45) is 8.01. The fourth-order valence-electron chi connectivity index (χ4n) is 4.51. The third-order valence-corrected chi connectivity index (χ3v) is 21.6. The van der Waals surface area contributed by atoms with E-state index in [9.17, 15) is 0 Å². The van der Waals surface area contributed by atoms with Gasteiger partial charge >= 0.3 is 196 Å². The van der Waals surface area contributed by atoms with E-state index in [0.29, 0.717) is 0 Å². The van der Waals surface area contributed by atoms with E-state index >= 15 is 0 Å². The van der Waals surface area contributed by atoms with Crippen molar-refractivity contribution in [2.45, 2.75) is 86.1 Å². The van der Waals surface area contributed by atoms with Crippen LogP contribution in [-0.2, 0) is 6.54 Å². The van der Waals surface area contributed by atoms with Crippen molar-refractivity contribution in [3.63, 3.8) is 0 Å². The van der Waals surface area contributed by atoms with Crippen LogP contribution >= 0.6 is 0 Å². The predicted octanol–water partition coefficient (Wildman–Crippen LogP) is 7.09. The molecule has 0 unspecified atom stereocenters. The van der Waals surface area contributed by atoms with Crippen LogP contribution < -0.4 is 13.3 Å². The number of hydrogen-bond donors (Lipinski definition) is 0. The van der Waals surface area contributed by atoms with E-state index < -0.39 is 18.4 Å². The molecule has 2 rings (SSSR count). The van der Waals surface area contributed by atoms with Crippen molar-refractivity contribution >= 4 is 27.9 Å². The second kappa shape index (κ2) is 13.3. The van der Waals surface area contributed by atoms with Crippen molar-refractivity contribution in [2.75, 3.05) is 19.1 Å². The number of benzene rings is 1. The molecule has 0 bridgehead atoms. The summed E-state index contributed by atoms with van der Waals surface area (Å²) in [4.78, 5) is 7.70. The molecule has 31 heavy (non-hydrogen) atoms. The summed E-state index contributed by atoms with van der Waals surface area (Å²) in [5, 5.41) is 0. The minimum absolute atomic E-state index is 0.862. The third kappa shape index (κ3) is 7.69. The summed E-state index contributed by atoms with van der Waals surface area (Å²) in [6, 6.07) is 13.1. The van der Waals surface area contributed by atoms with Crippen LogP contribution in [0, 0.1) is 6.92 Å². The number of ether oxygens (including phenoxy) is 1. The number of aromatic nitrogens is 1. The van der Waals surface area contributed by atoms with Gasteiger partial charge in [-0.05, 0) is 0 Å². The first-order valence-corrected chi connectivity index (χ1v) is 19.8. The molecule has 2 aromatic rings. The number of methoxy groups -OCH3 is 1. The molecule has 0 N–H and O–H groups in total. The number of unbranched alkanes of at least 4 members (excludes halogenated alkanes) is 3. The molecule has 4 heteroatoms. The fraction of sp³-hybridized carbons (Fsp3) is 0.593. The number of nitrogens with zero attached hydrogens (tertiary/aromatic N) is 2. The Morgan fingerprint density at radius 2 is 1.42 bits per heavy atom. The molecular formula is C27H44N2OSn. The Labute approximate surface area is 195 Å². The van der Waals surface area contributed by atoms with Gasteiger partial charge in [0.1, 0.15) is 0 Å². The van der Waals surface area contributed by atoms with Crippen molar-refractivity contribution in [2.24, 2.45) is 0 Å². The number of hydrogen-bond acceptors (Lipinski definition) is 3. The van der Waals surface area contributed by atoms with E-state index in [-0.39, 0.29) is 0 Å². The van der Waals surface area contributed by atoms with Crippen molar-refractivity contribution < 1.29 is 4.74 Å². The molecule has 0 fully saturated rings. The summed E-state index contributed by atoms with van der Waals surface area (Å²) in [5.74, 6) is 2.04. The van der Waals surface area contributed by atoms with Crippen molar-refractivity contribution in [1.82, 2.24) is 4.98 Å². The number of pyridine rings is 1. The van der Waals surface area contributed by atoms with Gasteiger partial charge in [0.05, 0.1) is 0 Å². The van der Waals surface area contributed by atoms with Gasteiger partial charge in [0, 0.05) is 0 Å². The normalized spacial score (nSPS) is 11.5. The number of rotatable bonds is 14. The van der Waals surface area contributed by atoms with E-state index in [1.807, 2.05) is 12.1 Å². The molecule has 0 atom stereocenters. The molecule has 0 spiro atoms. The zero-order valence-corrected chi connectivity index (χ0v) is 23.7. The molecule has 0 saturated carbocycles. The minimum atomic E-state index is -2.53. The van der Waals surface area contributed by atoms with Gasteiger partial charge in [0.25, 0.3) is 0 Å². The molecule has 0 aliphatic rings. The number of anilines is 1. The van der Waals surface area contributed by atoms with Crippen LogP contribution in [0.3, 0.4) is 0 Å². The standard InChI is InChI=1S/C15H17N2O.3C4H9.Sn/c1-12-8-9-16-15(10-12)17(2)11-13-4-6-14(18-3)7-5-13;3*1-3-4-2;/h4-8,10H,11H2,1-3H3;3*1,3-4H2,2H3;. The van der Waals surface area contributed by atoms with Crippen LogP contribution in [0.4, 0.5) is 5.82 Å². The van der Waals surface area contributed by atoms with E-state index in [1.165, 1.54) is 66.7 Å². The molecule has 1 aromatic heterocycles. The number of aryl methyl sites for hydroxylation is 1. The van der Waals surface area contributed by atoms with Gasteiger partial charge < -0.3 is 0 Å².